The molecule has 1 aromatic rings. The molecule has 0 saturated heterocycles. The van der Waals surface area contributed by atoms with Crippen LogP contribution in [0.25, 0.3) is 0 Å². The van der Waals surface area contributed by atoms with E-state index in [0.29, 0.717) is 0 Å². The van der Waals surface area contributed by atoms with Crippen molar-refractivity contribution in [3.8, 4) is 5.75 Å². The first kappa shape index (κ1) is 11.9. The van der Waals surface area contributed by atoms with Crippen LogP contribution in [0.1, 0.15) is 23.6 Å². The van der Waals surface area contributed by atoms with Gasteiger partial charge in [-0.25, -0.2) is 0 Å². The minimum atomic E-state index is -0.304. The first-order valence-corrected chi connectivity index (χ1v) is 5.67. The Morgan fingerprint density at radius 3 is 2.82 bits per heavy atom. The maximum atomic E-state index is 11.6. The standard InChI is InChI=1S/C13H17NO3/c1-16-9-5-3-8-4-6-10(13(15)17-2)12(14)11(8)7-9/h3,5,7,10,12H,4,6,14H2,1-2H3/t10-,12-/m1/s1. The third kappa shape index (κ3) is 2.13. The number of fused-ring (bicyclic) bond motifs is 1. The van der Waals surface area contributed by atoms with Gasteiger partial charge in [0.1, 0.15) is 5.75 Å². The summed E-state index contributed by atoms with van der Waals surface area (Å²) in [7, 11) is 3.02. The van der Waals surface area contributed by atoms with Gasteiger partial charge in [-0.1, -0.05) is 6.07 Å². The van der Waals surface area contributed by atoms with Crippen LogP contribution in [0.15, 0.2) is 18.2 Å². The van der Waals surface area contributed by atoms with Crippen molar-refractivity contribution in [1.29, 1.82) is 0 Å². The predicted octanol–water partition coefficient (Wildman–Crippen LogP) is 1.43. The molecule has 0 spiro atoms. The highest BCUT2D eigenvalue weighted by atomic mass is 16.5. The molecule has 0 radical (unpaired) electrons. The molecule has 1 aromatic carbocycles. The van der Waals surface area contributed by atoms with E-state index in [1.807, 2.05) is 18.2 Å². The number of carbonyl (C=O) groups is 1. The van der Waals surface area contributed by atoms with Crippen molar-refractivity contribution >= 4 is 5.97 Å². The Kier molecular flexibility index (Phi) is 3.33. The lowest BCUT2D eigenvalue weighted by Crippen LogP contribution is -2.33. The van der Waals surface area contributed by atoms with Crippen LogP contribution in [0.2, 0.25) is 0 Å². The molecule has 1 aliphatic rings. The number of esters is 1. The van der Waals surface area contributed by atoms with Crippen molar-refractivity contribution in [2.45, 2.75) is 18.9 Å². The van der Waals surface area contributed by atoms with Gasteiger partial charge < -0.3 is 15.2 Å². The summed E-state index contributed by atoms with van der Waals surface area (Å²) in [6, 6.07) is 5.54. The van der Waals surface area contributed by atoms with Crippen molar-refractivity contribution in [2.24, 2.45) is 11.7 Å². The van der Waals surface area contributed by atoms with Crippen molar-refractivity contribution in [3.63, 3.8) is 0 Å². The topological polar surface area (TPSA) is 61.5 Å². The normalized spacial score (nSPS) is 22.8. The van der Waals surface area contributed by atoms with Crippen molar-refractivity contribution in [1.82, 2.24) is 0 Å². The van der Waals surface area contributed by atoms with Gasteiger partial charge in [0, 0.05) is 6.04 Å². The third-order valence-corrected chi connectivity index (χ3v) is 3.37. The molecule has 0 saturated carbocycles. The smallest absolute Gasteiger partial charge is 0.310 e. The van der Waals surface area contributed by atoms with Crippen LogP contribution >= 0.6 is 0 Å². The molecule has 2 atom stereocenters. The second-order valence-corrected chi connectivity index (χ2v) is 4.26. The van der Waals surface area contributed by atoms with E-state index in [-0.39, 0.29) is 17.9 Å². The van der Waals surface area contributed by atoms with Gasteiger partial charge >= 0.3 is 5.97 Å². The zero-order valence-corrected chi connectivity index (χ0v) is 10.1. The van der Waals surface area contributed by atoms with E-state index < -0.39 is 0 Å². The summed E-state index contributed by atoms with van der Waals surface area (Å²) in [5.41, 5.74) is 8.32. The Balaban J connectivity index is 2.33. The maximum absolute atomic E-state index is 11.6. The predicted molar refractivity (Wildman–Crippen MR) is 63.7 cm³/mol. The molecular formula is C13H17NO3. The lowest BCUT2D eigenvalue weighted by Gasteiger charge is -2.29. The number of carbonyl (C=O) groups excluding carboxylic acids is 1. The lowest BCUT2D eigenvalue weighted by atomic mass is 9.80. The Hall–Kier alpha value is -1.55. The summed E-state index contributed by atoms with van der Waals surface area (Å²) in [5, 5.41) is 0. The second kappa shape index (κ2) is 4.75. The van der Waals surface area contributed by atoms with Crippen LogP contribution in [0.5, 0.6) is 5.75 Å². The van der Waals surface area contributed by atoms with E-state index in [1.54, 1.807) is 7.11 Å². The van der Waals surface area contributed by atoms with Gasteiger partial charge in [-0.05, 0) is 36.1 Å². The SMILES string of the molecule is COC(=O)[C@@H]1CCc2ccc(OC)cc2[C@@H]1N. The molecule has 0 fully saturated rings. The molecule has 0 unspecified atom stereocenters. The number of aryl methyl sites for hydroxylation is 1. The van der Waals surface area contributed by atoms with E-state index >= 15 is 0 Å². The van der Waals surface area contributed by atoms with E-state index in [9.17, 15) is 4.79 Å². The average Bonchev–Trinajstić information content (AvgIpc) is 2.38. The Morgan fingerprint density at radius 2 is 2.18 bits per heavy atom. The van der Waals surface area contributed by atoms with Gasteiger partial charge in [0.15, 0.2) is 0 Å². The number of ether oxygens (including phenoxy) is 2. The van der Waals surface area contributed by atoms with Gasteiger partial charge in [0.05, 0.1) is 20.1 Å². The Morgan fingerprint density at radius 1 is 1.41 bits per heavy atom. The van der Waals surface area contributed by atoms with E-state index in [4.69, 9.17) is 15.2 Å². The average molecular weight is 235 g/mol. The van der Waals surface area contributed by atoms with Crippen LogP contribution in [0, 0.1) is 5.92 Å². The first-order chi connectivity index (χ1) is 8.17. The number of rotatable bonds is 2. The van der Waals surface area contributed by atoms with Crippen LogP contribution in [-0.2, 0) is 16.0 Å². The number of benzene rings is 1. The summed E-state index contributed by atoms with van der Waals surface area (Å²) in [6.07, 6.45) is 1.60. The summed E-state index contributed by atoms with van der Waals surface area (Å²) in [4.78, 5) is 11.6. The van der Waals surface area contributed by atoms with E-state index in [0.717, 1.165) is 24.2 Å². The second-order valence-electron chi connectivity index (χ2n) is 4.26. The van der Waals surface area contributed by atoms with E-state index in [1.165, 1.54) is 12.7 Å². The van der Waals surface area contributed by atoms with Gasteiger partial charge in [-0.2, -0.15) is 0 Å². The monoisotopic (exact) mass is 235 g/mol. The molecule has 0 aliphatic heterocycles. The number of methoxy groups -OCH3 is 2. The third-order valence-electron chi connectivity index (χ3n) is 3.37. The highest BCUT2D eigenvalue weighted by Crippen LogP contribution is 2.35. The lowest BCUT2D eigenvalue weighted by molar-refractivity contribution is -0.146. The van der Waals surface area contributed by atoms with Gasteiger partial charge in [-0.3, -0.25) is 4.79 Å². The molecule has 0 heterocycles. The summed E-state index contributed by atoms with van der Waals surface area (Å²) < 4.78 is 9.96. The minimum Gasteiger partial charge on any atom is -0.497 e. The van der Waals surface area contributed by atoms with Gasteiger partial charge in [0.2, 0.25) is 0 Å². The highest BCUT2D eigenvalue weighted by molar-refractivity contribution is 5.74. The van der Waals surface area contributed by atoms with Crippen LogP contribution in [0.3, 0.4) is 0 Å². The fraction of sp³-hybridized carbons (Fsp3) is 0.462. The summed E-state index contributed by atoms with van der Waals surface area (Å²) in [5.74, 6) is 0.287. The molecule has 2 N–H and O–H groups in total. The van der Waals surface area contributed by atoms with Crippen molar-refractivity contribution < 1.29 is 14.3 Å². The zero-order valence-electron chi connectivity index (χ0n) is 10.1. The molecule has 17 heavy (non-hydrogen) atoms. The molecule has 0 aromatic heterocycles. The quantitative estimate of drug-likeness (QED) is 0.788. The zero-order chi connectivity index (χ0) is 12.4. The summed E-state index contributed by atoms with van der Waals surface area (Å²) >= 11 is 0. The Bertz CT molecular complexity index is 431. The molecule has 4 nitrogen and oxygen atoms in total. The van der Waals surface area contributed by atoms with E-state index in [2.05, 4.69) is 0 Å². The number of hydrogen-bond donors (Lipinski definition) is 1. The van der Waals surface area contributed by atoms with Crippen molar-refractivity contribution in [2.75, 3.05) is 14.2 Å². The minimum absolute atomic E-state index is 0.231. The highest BCUT2D eigenvalue weighted by Gasteiger charge is 2.32. The van der Waals surface area contributed by atoms with Crippen LogP contribution in [-0.4, -0.2) is 20.2 Å². The molecule has 0 amide bonds. The molecular weight excluding hydrogens is 218 g/mol. The van der Waals surface area contributed by atoms with Crippen LogP contribution < -0.4 is 10.5 Å². The number of hydrogen-bond acceptors (Lipinski definition) is 4. The summed E-state index contributed by atoms with van der Waals surface area (Å²) in [6.45, 7) is 0. The van der Waals surface area contributed by atoms with Crippen LogP contribution in [0.4, 0.5) is 0 Å². The van der Waals surface area contributed by atoms with Crippen molar-refractivity contribution in [3.05, 3.63) is 29.3 Å². The molecule has 1 aliphatic carbocycles. The van der Waals surface area contributed by atoms with Gasteiger partial charge in [-0.15, -0.1) is 0 Å². The fourth-order valence-corrected chi connectivity index (χ4v) is 2.36. The maximum Gasteiger partial charge on any atom is 0.310 e. The molecule has 92 valence electrons. The Labute approximate surface area is 101 Å². The largest absolute Gasteiger partial charge is 0.497 e. The fourth-order valence-electron chi connectivity index (χ4n) is 2.36. The molecule has 2 rings (SSSR count). The molecule has 0 bridgehead atoms. The number of nitrogens with two attached hydrogens (primary N) is 1. The van der Waals surface area contributed by atoms with Gasteiger partial charge in [0.25, 0.3) is 0 Å². The molecule has 4 heteroatoms. The first-order valence-electron chi connectivity index (χ1n) is 5.67.